The monoisotopic (exact) mass is 703 g/mol. The quantitative estimate of drug-likeness (QED) is 0.0629. The molecule has 0 unspecified atom stereocenters. The van der Waals surface area contributed by atoms with E-state index in [2.05, 4.69) is 86.2 Å². The highest BCUT2D eigenvalue weighted by molar-refractivity contribution is 5.83. The van der Waals surface area contributed by atoms with Crippen molar-refractivity contribution in [1.82, 2.24) is 19.9 Å². The molecule has 2 aliphatic heterocycles. The number of rotatable bonds is 24. The van der Waals surface area contributed by atoms with E-state index >= 15 is 0 Å². The molecule has 5 heterocycles. The molecule has 2 aliphatic rings. The van der Waals surface area contributed by atoms with Crippen LogP contribution < -0.4 is 0 Å². The maximum absolute atomic E-state index is 5.45. The van der Waals surface area contributed by atoms with E-state index < -0.39 is 0 Å². The summed E-state index contributed by atoms with van der Waals surface area (Å²) in [6.07, 6.45) is 38.8. The zero-order valence-electron chi connectivity index (χ0n) is 33.5. The maximum atomic E-state index is 5.45. The van der Waals surface area contributed by atoms with Crippen LogP contribution in [-0.2, 0) is 25.7 Å². The Labute approximate surface area is 316 Å². The lowest BCUT2D eigenvalue weighted by atomic mass is 10.0. The van der Waals surface area contributed by atoms with E-state index in [-0.39, 0.29) is 0 Å². The van der Waals surface area contributed by atoms with Crippen molar-refractivity contribution < 1.29 is 0 Å². The van der Waals surface area contributed by atoms with E-state index in [1.807, 2.05) is 0 Å². The van der Waals surface area contributed by atoms with Gasteiger partial charge in [0.05, 0.1) is 22.8 Å². The Kier molecular flexibility index (Phi) is 16.8. The van der Waals surface area contributed by atoms with Crippen molar-refractivity contribution in [3.05, 3.63) is 69.3 Å². The number of nitrogens with one attached hydrogen (secondary N) is 2. The fourth-order valence-corrected chi connectivity index (χ4v) is 8.12. The summed E-state index contributed by atoms with van der Waals surface area (Å²) >= 11 is 0. The first-order valence-electron chi connectivity index (χ1n) is 21.8. The van der Waals surface area contributed by atoms with Gasteiger partial charge in [0.25, 0.3) is 0 Å². The molecule has 0 atom stereocenters. The van der Waals surface area contributed by atoms with Gasteiger partial charge in [-0.3, -0.25) is 0 Å². The number of aryl methyl sites for hydroxylation is 3. The number of aromatic nitrogens is 4. The number of nitrogens with zero attached hydrogens (tertiary/aromatic N) is 2. The standard InChI is InChI=1S/C48H70N4/c1-5-9-13-17-21-25-37-41-29-31-43(49-41)38(26-22-18-14-10-6-2)45-33-35-47(51-45)40(28-24-20-16-12-8-4)48-36-34-46(52-48)39(27-23-19-15-11-7-3)44-32-30-42(37)50-44/h29-36,49-50H,5-28H2,1-4H3. The number of hydrogen-bond donors (Lipinski definition) is 2. The van der Waals surface area contributed by atoms with Crippen molar-refractivity contribution >= 4 is 46.4 Å². The number of aromatic amines is 2. The SMILES string of the molecule is CCCCCCCc1c2nc(c(CCCCCCC)c3ccc([nH]3)c(CCCCCCC)c3ccc([nH]3)c(CCCCCCC)c3nc1C=C3)C=C2. The lowest BCUT2D eigenvalue weighted by Crippen LogP contribution is -1.97. The molecule has 52 heavy (non-hydrogen) atoms. The molecule has 0 saturated heterocycles. The van der Waals surface area contributed by atoms with Gasteiger partial charge < -0.3 is 9.97 Å². The van der Waals surface area contributed by atoms with Crippen LogP contribution in [0.3, 0.4) is 0 Å². The second-order valence-corrected chi connectivity index (χ2v) is 15.6. The molecule has 0 saturated carbocycles. The summed E-state index contributed by atoms with van der Waals surface area (Å²) in [5, 5.41) is 0. The Hall–Kier alpha value is -3.40. The minimum Gasteiger partial charge on any atom is -0.355 e. The van der Waals surface area contributed by atoms with Crippen molar-refractivity contribution in [2.75, 3.05) is 0 Å². The van der Waals surface area contributed by atoms with Crippen molar-refractivity contribution in [2.24, 2.45) is 0 Å². The number of hydrogen-bond acceptors (Lipinski definition) is 2. The summed E-state index contributed by atoms with van der Waals surface area (Å²) in [4.78, 5) is 18.8. The molecule has 0 spiro atoms. The molecular formula is C48H70N4. The van der Waals surface area contributed by atoms with Gasteiger partial charge in [0.15, 0.2) is 0 Å². The van der Waals surface area contributed by atoms with Crippen molar-refractivity contribution in [3.63, 3.8) is 0 Å². The normalized spacial score (nSPS) is 12.4. The molecule has 0 aromatic carbocycles. The summed E-state index contributed by atoms with van der Waals surface area (Å²) in [7, 11) is 0. The first-order chi connectivity index (χ1) is 25.7. The molecular weight excluding hydrogens is 633 g/mol. The maximum Gasteiger partial charge on any atom is 0.0691 e. The van der Waals surface area contributed by atoms with Crippen LogP contribution in [0.4, 0.5) is 0 Å². The first-order valence-corrected chi connectivity index (χ1v) is 21.8. The third-order valence-electron chi connectivity index (χ3n) is 11.3. The van der Waals surface area contributed by atoms with Crippen LogP contribution in [0.1, 0.15) is 201 Å². The van der Waals surface area contributed by atoms with Crippen molar-refractivity contribution in [2.45, 2.75) is 182 Å². The number of fused-ring (bicyclic) bond motifs is 8. The van der Waals surface area contributed by atoms with Gasteiger partial charge in [-0.15, -0.1) is 0 Å². The second-order valence-electron chi connectivity index (χ2n) is 15.6. The van der Waals surface area contributed by atoms with Crippen LogP contribution in [0.2, 0.25) is 0 Å². The smallest absolute Gasteiger partial charge is 0.0691 e. The van der Waals surface area contributed by atoms with Crippen molar-refractivity contribution in [1.29, 1.82) is 0 Å². The van der Waals surface area contributed by atoms with Crippen molar-refractivity contribution in [3.8, 4) is 0 Å². The molecule has 0 aliphatic carbocycles. The van der Waals surface area contributed by atoms with Gasteiger partial charge in [-0.2, -0.15) is 0 Å². The minimum absolute atomic E-state index is 1.02. The van der Waals surface area contributed by atoms with E-state index in [1.165, 1.54) is 173 Å². The van der Waals surface area contributed by atoms with Gasteiger partial charge in [-0.25, -0.2) is 9.97 Å². The molecule has 3 aromatic heterocycles. The molecule has 2 N–H and O–H groups in total. The lowest BCUT2D eigenvalue weighted by Gasteiger charge is -2.07. The fourth-order valence-electron chi connectivity index (χ4n) is 8.12. The summed E-state index contributed by atoms with van der Waals surface area (Å²) in [6, 6.07) is 9.35. The van der Waals surface area contributed by atoms with E-state index in [0.29, 0.717) is 0 Å². The van der Waals surface area contributed by atoms with Gasteiger partial charge in [0, 0.05) is 38.8 Å². The average Bonchev–Trinajstić information content (AvgIpc) is 4.00. The Morgan fingerprint density at radius 2 is 0.596 bits per heavy atom. The minimum atomic E-state index is 1.02. The van der Waals surface area contributed by atoms with Crippen LogP contribution in [0.5, 0.6) is 0 Å². The third kappa shape index (κ3) is 11.3. The van der Waals surface area contributed by atoms with Gasteiger partial charge in [-0.1, -0.05) is 130 Å². The zero-order chi connectivity index (χ0) is 36.4. The molecule has 282 valence electrons. The highest BCUT2D eigenvalue weighted by Gasteiger charge is 2.17. The first kappa shape index (κ1) is 39.8. The Balaban J connectivity index is 1.69. The highest BCUT2D eigenvalue weighted by atomic mass is 14.8. The third-order valence-corrected chi connectivity index (χ3v) is 11.3. The van der Waals surface area contributed by atoms with Crippen LogP contribution in [-0.4, -0.2) is 19.9 Å². The number of unbranched alkanes of at least 4 members (excludes halogenated alkanes) is 16. The second kappa shape index (κ2) is 22.0. The van der Waals surface area contributed by atoms with E-state index in [0.717, 1.165) is 48.5 Å². The van der Waals surface area contributed by atoms with E-state index in [1.54, 1.807) is 0 Å². The molecule has 0 radical (unpaired) electrons. The predicted molar refractivity (Wildman–Crippen MR) is 229 cm³/mol. The largest absolute Gasteiger partial charge is 0.355 e. The van der Waals surface area contributed by atoms with Crippen LogP contribution >= 0.6 is 0 Å². The predicted octanol–water partition coefficient (Wildman–Crippen LogP) is 14.7. The van der Waals surface area contributed by atoms with Gasteiger partial charge in [0.2, 0.25) is 0 Å². The Morgan fingerprint density at radius 3 is 0.942 bits per heavy atom. The van der Waals surface area contributed by atoms with E-state index in [9.17, 15) is 0 Å². The average molecular weight is 703 g/mol. The Bertz CT molecular complexity index is 1640. The molecule has 4 heteroatoms. The molecule has 5 rings (SSSR count). The Morgan fingerprint density at radius 1 is 0.327 bits per heavy atom. The summed E-state index contributed by atoms with van der Waals surface area (Å²) in [6.45, 7) is 9.20. The van der Waals surface area contributed by atoms with Crippen LogP contribution in [0, 0.1) is 0 Å². The van der Waals surface area contributed by atoms with Gasteiger partial charge in [0.1, 0.15) is 0 Å². The van der Waals surface area contributed by atoms with Crippen LogP contribution in [0.15, 0.2) is 24.3 Å². The molecule has 8 bridgehead atoms. The number of H-pyrrole nitrogens is 2. The molecule has 0 fully saturated rings. The highest BCUT2D eigenvalue weighted by Crippen LogP contribution is 2.30. The summed E-state index contributed by atoms with van der Waals surface area (Å²) in [5.41, 5.74) is 14.8. The van der Waals surface area contributed by atoms with Gasteiger partial charge in [-0.05, 0) is 105 Å². The van der Waals surface area contributed by atoms with E-state index in [4.69, 9.17) is 9.97 Å². The lowest BCUT2D eigenvalue weighted by molar-refractivity contribution is 0.630. The fraction of sp³-hybridized carbons (Fsp3) is 0.583. The molecule has 3 aromatic rings. The molecule has 4 nitrogen and oxygen atoms in total. The molecule has 0 amide bonds. The zero-order valence-corrected chi connectivity index (χ0v) is 33.5. The summed E-state index contributed by atoms with van der Waals surface area (Å²) < 4.78 is 0. The van der Waals surface area contributed by atoms with Gasteiger partial charge >= 0.3 is 0 Å². The summed E-state index contributed by atoms with van der Waals surface area (Å²) in [5.74, 6) is 0. The topological polar surface area (TPSA) is 57.4 Å². The van der Waals surface area contributed by atoms with Crippen LogP contribution in [0.25, 0.3) is 46.4 Å².